The van der Waals surface area contributed by atoms with Crippen LogP contribution in [-0.2, 0) is 20.1 Å². The lowest BCUT2D eigenvalue weighted by atomic mass is 10.1. The van der Waals surface area contributed by atoms with E-state index in [4.69, 9.17) is 4.55 Å². The Bertz CT molecular complexity index is 833. The summed E-state index contributed by atoms with van der Waals surface area (Å²) >= 11 is 0. The Labute approximate surface area is 165 Å². The topological polar surface area (TPSA) is 95.0 Å². The zero-order chi connectivity index (χ0) is 24.1. The van der Waals surface area contributed by atoms with Crippen LogP contribution in [-0.4, -0.2) is 84.9 Å². The molecule has 18 heteroatoms. The van der Waals surface area contributed by atoms with Crippen LogP contribution in [0.15, 0.2) is 0 Å². The molecule has 7 nitrogen and oxygen atoms in total. The molecule has 0 aromatic rings. The van der Waals surface area contributed by atoms with Crippen molar-refractivity contribution >= 4 is 20.1 Å². The van der Waals surface area contributed by atoms with Gasteiger partial charge in [0.15, 0.2) is 0 Å². The van der Waals surface area contributed by atoms with Crippen molar-refractivity contribution in [3.05, 3.63) is 0 Å². The third-order valence-electron chi connectivity index (χ3n) is 4.44. The van der Waals surface area contributed by atoms with Crippen LogP contribution in [0.5, 0.6) is 0 Å². The van der Waals surface area contributed by atoms with E-state index in [9.17, 15) is 56.3 Å². The van der Waals surface area contributed by atoms with Crippen molar-refractivity contribution in [2.24, 2.45) is 0 Å². The second-order valence-electron chi connectivity index (χ2n) is 6.71. The minimum atomic E-state index is -7.15. The van der Waals surface area contributed by atoms with E-state index in [2.05, 4.69) is 0 Å². The average Bonchev–Trinajstić information content (AvgIpc) is 2.51. The van der Waals surface area contributed by atoms with E-state index in [1.165, 1.54) is 0 Å². The summed E-state index contributed by atoms with van der Waals surface area (Å²) in [6.45, 7) is -0.607. The molecule has 1 aliphatic rings. The highest BCUT2D eigenvalue weighted by Gasteiger charge is 2.82. The summed E-state index contributed by atoms with van der Waals surface area (Å²) in [6, 6.07) is -2.42. The van der Waals surface area contributed by atoms with Crippen LogP contribution in [0.4, 0.5) is 39.5 Å². The Morgan fingerprint density at radius 1 is 0.833 bits per heavy atom. The second-order valence-corrected chi connectivity index (χ2v) is 10.1. The molecule has 180 valence electrons. The zero-order valence-electron chi connectivity index (χ0n) is 15.2. The van der Waals surface area contributed by atoms with E-state index in [1.807, 2.05) is 0 Å². The molecule has 2 atom stereocenters. The standard InChI is InChI=1S/C12H17F9N2O5S2/c1-7-5-22(6-8(2)23(7)4-3-9(13,14)15)29(24,25)11(18,19)10(16,17)12(20,21)30(26,27)28/h7-8H,3-6H2,1-2H3,(H,26,27,28). The molecule has 30 heavy (non-hydrogen) atoms. The van der Waals surface area contributed by atoms with Crippen molar-refractivity contribution in [3.8, 4) is 0 Å². The van der Waals surface area contributed by atoms with E-state index < -0.39 is 80.9 Å². The molecule has 0 bridgehead atoms. The SMILES string of the molecule is CC1CN(S(=O)(=O)C(F)(F)C(F)(F)C(F)(F)S(=O)(=O)O)CC(C)N1CCC(F)(F)F. The molecule has 1 heterocycles. The molecule has 0 aromatic carbocycles. The summed E-state index contributed by atoms with van der Waals surface area (Å²) in [6.07, 6.45) is -5.94. The Kier molecular flexibility index (Phi) is 7.19. The first-order chi connectivity index (χ1) is 13.0. The van der Waals surface area contributed by atoms with Gasteiger partial charge in [-0.3, -0.25) is 9.45 Å². The molecule has 1 rings (SSSR count). The predicted octanol–water partition coefficient (Wildman–Crippen LogP) is 2.37. The normalized spacial score (nSPS) is 24.3. The monoisotopic (exact) mass is 504 g/mol. The molecule has 1 saturated heterocycles. The maximum Gasteiger partial charge on any atom is 0.439 e. The Hall–Kier alpha value is -0.850. The average molecular weight is 504 g/mol. The molecule has 0 saturated carbocycles. The first kappa shape index (κ1) is 27.2. The fourth-order valence-electron chi connectivity index (χ4n) is 2.86. The molecule has 0 aliphatic carbocycles. The molecule has 0 aromatic heterocycles. The Morgan fingerprint density at radius 3 is 1.57 bits per heavy atom. The highest BCUT2D eigenvalue weighted by molar-refractivity contribution is 7.90. The molecular formula is C12H17F9N2O5S2. The molecular weight excluding hydrogens is 487 g/mol. The van der Waals surface area contributed by atoms with Gasteiger partial charge in [-0.05, 0) is 13.8 Å². The maximum absolute atomic E-state index is 14.0. The minimum absolute atomic E-state index is 0.333. The molecule has 2 unspecified atom stereocenters. The number of alkyl halides is 9. The summed E-state index contributed by atoms with van der Waals surface area (Å²) in [4.78, 5) is 1.06. The van der Waals surface area contributed by atoms with Gasteiger partial charge >= 0.3 is 32.7 Å². The molecule has 1 aliphatic heterocycles. The van der Waals surface area contributed by atoms with Gasteiger partial charge in [-0.2, -0.15) is 52.2 Å². The summed E-state index contributed by atoms with van der Waals surface area (Å²) in [7, 11) is -13.8. The van der Waals surface area contributed by atoms with Crippen LogP contribution < -0.4 is 0 Å². The summed E-state index contributed by atoms with van der Waals surface area (Å²) in [5, 5.41) is -13.5. The summed E-state index contributed by atoms with van der Waals surface area (Å²) in [5.41, 5.74) is 0. The summed E-state index contributed by atoms with van der Waals surface area (Å²) in [5.74, 6) is -7.08. The molecule has 1 fully saturated rings. The van der Waals surface area contributed by atoms with Crippen molar-refractivity contribution in [1.82, 2.24) is 9.21 Å². The fourth-order valence-corrected chi connectivity index (χ4v) is 4.97. The fraction of sp³-hybridized carbons (Fsp3) is 1.00. The van der Waals surface area contributed by atoms with Crippen LogP contribution >= 0.6 is 0 Å². The van der Waals surface area contributed by atoms with Crippen molar-refractivity contribution in [3.63, 3.8) is 0 Å². The van der Waals surface area contributed by atoms with Gasteiger partial charge in [-0.1, -0.05) is 0 Å². The Morgan fingerprint density at radius 2 is 1.23 bits per heavy atom. The number of hydrogen-bond donors (Lipinski definition) is 1. The van der Waals surface area contributed by atoms with Crippen molar-refractivity contribution in [2.75, 3.05) is 19.6 Å². The third kappa shape index (κ3) is 4.66. The number of sulfonamides is 1. The number of halogens is 9. The number of nitrogens with zero attached hydrogens (tertiary/aromatic N) is 2. The van der Waals surface area contributed by atoms with Gasteiger partial charge in [-0.15, -0.1) is 0 Å². The maximum atomic E-state index is 14.0. The number of hydrogen-bond acceptors (Lipinski definition) is 5. The lowest BCUT2D eigenvalue weighted by Gasteiger charge is -2.45. The van der Waals surface area contributed by atoms with Crippen LogP contribution in [0.2, 0.25) is 0 Å². The highest BCUT2D eigenvalue weighted by Crippen LogP contribution is 2.51. The van der Waals surface area contributed by atoms with Crippen molar-refractivity contribution in [2.45, 2.75) is 55.0 Å². The zero-order valence-corrected chi connectivity index (χ0v) is 16.8. The first-order valence-corrected chi connectivity index (χ1v) is 10.8. The predicted molar refractivity (Wildman–Crippen MR) is 83.2 cm³/mol. The van der Waals surface area contributed by atoms with E-state index in [1.54, 1.807) is 0 Å². The van der Waals surface area contributed by atoms with Gasteiger partial charge in [0.1, 0.15) is 0 Å². The van der Waals surface area contributed by atoms with Gasteiger partial charge in [0, 0.05) is 31.7 Å². The van der Waals surface area contributed by atoms with Gasteiger partial charge in [0.25, 0.3) is 10.0 Å². The number of rotatable bonds is 7. The van der Waals surface area contributed by atoms with Crippen molar-refractivity contribution < 1.29 is 60.9 Å². The Balaban J connectivity index is 3.23. The van der Waals surface area contributed by atoms with Gasteiger partial charge in [0.2, 0.25) is 0 Å². The third-order valence-corrected chi connectivity index (χ3v) is 7.23. The van der Waals surface area contributed by atoms with E-state index in [0.29, 0.717) is 0 Å². The largest absolute Gasteiger partial charge is 0.439 e. The smallest absolute Gasteiger partial charge is 0.295 e. The molecule has 0 amide bonds. The first-order valence-electron chi connectivity index (χ1n) is 7.93. The summed E-state index contributed by atoms with van der Waals surface area (Å²) < 4.78 is 172. The number of piperazine rings is 1. The quantitative estimate of drug-likeness (QED) is 0.423. The van der Waals surface area contributed by atoms with Crippen molar-refractivity contribution in [1.29, 1.82) is 0 Å². The molecule has 0 radical (unpaired) electrons. The van der Waals surface area contributed by atoms with Gasteiger partial charge < -0.3 is 0 Å². The van der Waals surface area contributed by atoms with E-state index >= 15 is 0 Å². The van der Waals surface area contributed by atoms with Crippen LogP contribution in [0.25, 0.3) is 0 Å². The van der Waals surface area contributed by atoms with E-state index in [-0.39, 0.29) is 4.31 Å². The van der Waals surface area contributed by atoms with Gasteiger partial charge in [0.05, 0.1) is 6.42 Å². The van der Waals surface area contributed by atoms with Crippen LogP contribution in [0, 0.1) is 0 Å². The molecule has 1 N–H and O–H groups in total. The lowest BCUT2D eigenvalue weighted by molar-refractivity contribution is -0.247. The molecule has 0 spiro atoms. The highest BCUT2D eigenvalue weighted by atomic mass is 32.2. The van der Waals surface area contributed by atoms with E-state index in [0.717, 1.165) is 18.7 Å². The lowest BCUT2D eigenvalue weighted by Crippen LogP contribution is -2.66. The second kappa shape index (κ2) is 7.93. The minimum Gasteiger partial charge on any atom is -0.295 e. The van der Waals surface area contributed by atoms with Crippen LogP contribution in [0.3, 0.4) is 0 Å². The van der Waals surface area contributed by atoms with Crippen LogP contribution in [0.1, 0.15) is 20.3 Å². The van der Waals surface area contributed by atoms with Gasteiger partial charge in [-0.25, -0.2) is 8.42 Å².